The van der Waals surface area contributed by atoms with E-state index in [0.717, 1.165) is 51.9 Å². The quantitative estimate of drug-likeness (QED) is 0.736. The fourth-order valence-electron chi connectivity index (χ4n) is 4.03. The van der Waals surface area contributed by atoms with Crippen molar-refractivity contribution in [3.8, 4) is 0 Å². The van der Waals surface area contributed by atoms with Crippen LogP contribution in [0.15, 0.2) is 42.5 Å². The van der Waals surface area contributed by atoms with E-state index in [1.807, 2.05) is 0 Å². The minimum atomic E-state index is 0.201. The van der Waals surface area contributed by atoms with Gasteiger partial charge in [0, 0.05) is 19.0 Å². The highest BCUT2D eigenvalue weighted by Gasteiger charge is 2.27. The zero-order chi connectivity index (χ0) is 17.5. The monoisotopic (exact) mass is 340 g/mol. The maximum Gasteiger partial charge on any atom is 0.226 e. The van der Waals surface area contributed by atoms with Gasteiger partial charge in [-0.15, -0.1) is 0 Å². The van der Waals surface area contributed by atoms with Gasteiger partial charge in [0.2, 0.25) is 5.91 Å². The summed E-state index contributed by atoms with van der Waals surface area (Å²) in [5.41, 5.74) is 1.33. The Morgan fingerprint density at radius 3 is 2.56 bits per heavy atom. The summed E-state index contributed by atoms with van der Waals surface area (Å²) in [5, 5.41) is 0. The van der Waals surface area contributed by atoms with E-state index in [4.69, 9.17) is 0 Å². The molecule has 2 aliphatic rings. The summed E-state index contributed by atoms with van der Waals surface area (Å²) < 4.78 is 0. The summed E-state index contributed by atoms with van der Waals surface area (Å²) in [6.07, 6.45) is 10.8. The highest BCUT2D eigenvalue weighted by Crippen LogP contribution is 2.23. The third-order valence-corrected chi connectivity index (χ3v) is 5.76. The van der Waals surface area contributed by atoms with Crippen LogP contribution in [0.1, 0.15) is 37.7 Å². The van der Waals surface area contributed by atoms with Gasteiger partial charge >= 0.3 is 0 Å². The number of amides is 1. The fraction of sp³-hybridized carbons (Fsp3) is 0.591. The minimum Gasteiger partial charge on any atom is -0.342 e. The lowest BCUT2D eigenvalue weighted by atomic mass is 9.91. The lowest BCUT2D eigenvalue weighted by Gasteiger charge is -2.35. The van der Waals surface area contributed by atoms with E-state index >= 15 is 0 Å². The van der Waals surface area contributed by atoms with E-state index in [0.29, 0.717) is 11.8 Å². The topological polar surface area (TPSA) is 23.6 Å². The van der Waals surface area contributed by atoms with Crippen molar-refractivity contribution in [1.82, 2.24) is 9.80 Å². The van der Waals surface area contributed by atoms with Gasteiger partial charge in [-0.2, -0.15) is 0 Å². The SMILES string of the molecule is CN1CCC(CN(CCc2ccccc2)C(=O)C2CC=CCC2)CC1. The number of carbonyl (C=O) groups excluding carboxylic acids is 1. The molecule has 1 atom stereocenters. The number of likely N-dealkylation sites (tertiary alicyclic amines) is 1. The molecule has 0 N–H and O–H groups in total. The normalized spacial score (nSPS) is 22.0. The Hall–Kier alpha value is -1.61. The molecule has 1 fully saturated rings. The van der Waals surface area contributed by atoms with Gasteiger partial charge in [0.1, 0.15) is 0 Å². The second-order valence-electron chi connectivity index (χ2n) is 7.75. The molecule has 0 radical (unpaired) electrons. The Kier molecular flexibility index (Phi) is 6.69. The molecule has 0 aromatic heterocycles. The van der Waals surface area contributed by atoms with Crippen LogP contribution in [0.25, 0.3) is 0 Å². The van der Waals surface area contributed by atoms with Crippen molar-refractivity contribution in [2.45, 2.75) is 38.5 Å². The van der Waals surface area contributed by atoms with Crippen molar-refractivity contribution in [3.05, 3.63) is 48.0 Å². The summed E-state index contributed by atoms with van der Waals surface area (Å²) in [6, 6.07) is 10.6. The maximum atomic E-state index is 13.1. The molecule has 1 unspecified atom stereocenters. The van der Waals surface area contributed by atoms with Crippen molar-refractivity contribution in [2.75, 3.05) is 33.2 Å². The number of carbonyl (C=O) groups is 1. The molecule has 1 amide bonds. The predicted molar refractivity (Wildman–Crippen MR) is 103 cm³/mol. The molecule has 1 aromatic rings. The van der Waals surface area contributed by atoms with Crippen LogP contribution >= 0.6 is 0 Å². The Bertz CT molecular complexity index is 561. The molecule has 3 heteroatoms. The molecule has 1 aliphatic carbocycles. The number of allylic oxidation sites excluding steroid dienone is 2. The Morgan fingerprint density at radius 2 is 1.88 bits per heavy atom. The van der Waals surface area contributed by atoms with Crippen LogP contribution in [-0.4, -0.2) is 48.9 Å². The molecule has 0 saturated carbocycles. The Balaban J connectivity index is 1.62. The summed E-state index contributed by atoms with van der Waals surface area (Å²) >= 11 is 0. The molecule has 3 nitrogen and oxygen atoms in total. The average Bonchev–Trinajstić information content (AvgIpc) is 2.67. The first-order valence-corrected chi connectivity index (χ1v) is 9.88. The summed E-state index contributed by atoms with van der Waals surface area (Å²) in [7, 11) is 2.20. The van der Waals surface area contributed by atoms with Gasteiger partial charge in [-0.25, -0.2) is 0 Å². The molecule has 0 spiro atoms. The number of rotatable bonds is 6. The van der Waals surface area contributed by atoms with Gasteiger partial charge in [-0.1, -0.05) is 42.5 Å². The van der Waals surface area contributed by atoms with Crippen LogP contribution in [0.3, 0.4) is 0 Å². The first-order chi connectivity index (χ1) is 12.2. The molecule has 1 aromatic carbocycles. The summed E-state index contributed by atoms with van der Waals surface area (Å²) in [6.45, 7) is 4.13. The maximum absolute atomic E-state index is 13.1. The van der Waals surface area contributed by atoms with Gasteiger partial charge < -0.3 is 9.80 Å². The molecular weight excluding hydrogens is 308 g/mol. The minimum absolute atomic E-state index is 0.201. The molecule has 1 aliphatic heterocycles. The Morgan fingerprint density at radius 1 is 1.12 bits per heavy atom. The van der Waals surface area contributed by atoms with Crippen molar-refractivity contribution in [3.63, 3.8) is 0 Å². The summed E-state index contributed by atoms with van der Waals surface area (Å²) in [4.78, 5) is 17.7. The smallest absolute Gasteiger partial charge is 0.226 e. The van der Waals surface area contributed by atoms with Gasteiger partial charge in [-0.05, 0) is 70.1 Å². The van der Waals surface area contributed by atoms with Crippen molar-refractivity contribution in [2.24, 2.45) is 11.8 Å². The van der Waals surface area contributed by atoms with Gasteiger partial charge in [0.15, 0.2) is 0 Å². The lowest BCUT2D eigenvalue weighted by Crippen LogP contribution is -2.43. The highest BCUT2D eigenvalue weighted by molar-refractivity contribution is 5.79. The van der Waals surface area contributed by atoms with Gasteiger partial charge in [0.05, 0.1) is 0 Å². The van der Waals surface area contributed by atoms with Crippen LogP contribution in [0, 0.1) is 11.8 Å². The number of piperidine rings is 1. The van der Waals surface area contributed by atoms with Crippen LogP contribution in [-0.2, 0) is 11.2 Å². The standard InChI is InChI=1S/C22H32N2O/c1-23-15-12-20(13-16-23)18-24(17-14-19-8-4-2-5-9-19)22(25)21-10-6-3-7-11-21/h2-6,8-9,20-21H,7,10-18H2,1H3. The number of benzene rings is 1. The Labute approximate surface area is 152 Å². The first kappa shape index (κ1) is 18.2. The molecule has 136 valence electrons. The molecule has 0 bridgehead atoms. The predicted octanol–water partition coefficient (Wildman–Crippen LogP) is 3.76. The first-order valence-electron chi connectivity index (χ1n) is 9.88. The zero-order valence-corrected chi connectivity index (χ0v) is 15.6. The zero-order valence-electron chi connectivity index (χ0n) is 15.6. The molecule has 25 heavy (non-hydrogen) atoms. The van der Waals surface area contributed by atoms with E-state index in [9.17, 15) is 4.79 Å². The third-order valence-electron chi connectivity index (χ3n) is 5.76. The van der Waals surface area contributed by atoms with E-state index in [1.165, 1.54) is 18.4 Å². The molecule has 3 rings (SSSR count). The average molecular weight is 341 g/mol. The number of nitrogens with zero attached hydrogens (tertiary/aromatic N) is 2. The van der Waals surface area contributed by atoms with E-state index in [1.54, 1.807) is 0 Å². The van der Waals surface area contributed by atoms with E-state index < -0.39 is 0 Å². The lowest BCUT2D eigenvalue weighted by molar-refractivity contribution is -0.136. The second kappa shape index (κ2) is 9.19. The van der Waals surface area contributed by atoms with Crippen molar-refractivity contribution < 1.29 is 4.79 Å². The van der Waals surface area contributed by atoms with Crippen LogP contribution < -0.4 is 0 Å². The number of hydrogen-bond acceptors (Lipinski definition) is 2. The number of hydrogen-bond donors (Lipinski definition) is 0. The third kappa shape index (κ3) is 5.43. The molecular formula is C22H32N2O. The van der Waals surface area contributed by atoms with Crippen molar-refractivity contribution in [1.29, 1.82) is 0 Å². The van der Waals surface area contributed by atoms with Crippen LogP contribution in [0.2, 0.25) is 0 Å². The van der Waals surface area contributed by atoms with Gasteiger partial charge in [-0.3, -0.25) is 4.79 Å². The fourth-order valence-corrected chi connectivity index (χ4v) is 4.03. The van der Waals surface area contributed by atoms with E-state index in [-0.39, 0.29) is 5.92 Å². The molecule has 1 saturated heterocycles. The summed E-state index contributed by atoms with van der Waals surface area (Å²) in [5.74, 6) is 1.25. The largest absolute Gasteiger partial charge is 0.342 e. The molecule has 1 heterocycles. The highest BCUT2D eigenvalue weighted by atomic mass is 16.2. The van der Waals surface area contributed by atoms with Crippen molar-refractivity contribution >= 4 is 5.91 Å². The van der Waals surface area contributed by atoms with Crippen LogP contribution in [0.5, 0.6) is 0 Å². The van der Waals surface area contributed by atoms with E-state index in [2.05, 4.69) is 59.3 Å². The van der Waals surface area contributed by atoms with Crippen LogP contribution in [0.4, 0.5) is 0 Å². The van der Waals surface area contributed by atoms with Gasteiger partial charge in [0.25, 0.3) is 0 Å². The second-order valence-corrected chi connectivity index (χ2v) is 7.75.